The van der Waals surface area contributed by atoms with E-state index in [1.807, 2.05) is 6.92 Å². The fraction of sp³-hybridized carbons (Fsp3) is 0.588. The van der Waals surface area contributed by atoms with Crippen molar-refractivity contribution in [2.45, 2.75) is 31.1 Å². The van der Waals surface area contributed by atoms with Gasteiger partial charge in [0.25, 0.3) is 0 Å². The van der Waals surface area contributed by atoms with Gasteiger partial charge in [-0.25, -0.2) is 12.7 Å². The molecule has 0 saturated heterocycles. The van der Waals surface area contributed by atoms with Crippen LogP contribution in [0.15, 0.2) is 23.1 Å². The van der Waals surface area contributed by atoms with Gasteiger partial charge in [0.1, 0.15) is 0 Å². The van der Waals surface area contributed by atoms with Crippen LogP contribution in [-0.4, -0.2) is 45.8 Å². The molecule has 4 N–H and O–H groups in total. The Kier molecular flexibility index (Phi) is 6.42. The number of rotatable bonds is 7. The first-order chi connectivity index (χ1) is 11.8. The number of hydrogen-bond donors (Lipinski definition) is 3. The first kappa shape index (κ1) is 19.7. The smallest absolute Gasteiger partial charge is 0.242 e. The molecule has 7 nitrogen and oxygen atoms in total. The van der Waals surface area contributed by atoms with E-state index in [1.165, 1.54) is 20.2 Å². The zero-order valence-corrected chi connectivity index (χ0v) is 15.9. The lowest BCUT2D eigenvalue weighted by Crippen LogP contribution is -2.30. The summed E-state index contributed by atoms with van der Waals surface area (Å²) in [5, 5.41) is 6.07. The van der Waals surface area contributed by atoms with Crippen molar-refractivity contribution in [2.75, 3.05) is 37.8 Å². The topological polar surface area (TPSA) is 105 Å². The maximum absolute atomic E-state index is 12.7. The van der Waals surface area contributed by atoms with Gasteiger partial charge in [-0.1, -0.05) is 6.42 Å². The summed E-state index contributed by atoms with van der Waals surface area (Å²) >= 11 is 0. The van der Waals surface area contributed by atoms with E-state index in [0.29, 0.717) is 24.5 Å². The Morgan fingerprint density at radius 1 is 1.28 bits per heavy atom. The fourth-order valence-corrected chi connectivity index (χ4v) is 4.16. The number of nitrogens with zero attached hydrogens (tertiary/aromatic N) is 1. The molecule has 8 heteroatoms. The van der Waals surface area contributed by atoms with Crippen LogP contribution in [0.4, 0.5) is 11.4 Å². The number of carbonyl (C=O) groups is 1. The van der Waals surface area contributed by atoms with Crippen molar-refractivity contribution in [1.29, 1.82) is 0 Å². The van der Waals surface area contributed by atoms with Gasteiger partial charge in [0, 0.05) is 26.6 Å². The van der Waals surface area contributed by atoms with Crippen molar-refractivity contribution in [3.05, 3.63) is 18.2 Å². The molecule has 2 rings (SSSR count). The molecule has 1 fully saturated rings. The third kappa shape index (κ3) is 4.31. The van der Waals surface area contributed by atoms with Gasteiger partial charge < -0.3 is 16.4 Å². The second-order valence-corrected chi connectivity index (χ2v) is 8.70. The Balaban J connectivity index is 2.32. The van der Waals surface area contributed by atoms with Crippen molar-refractivity contribution in [2.24, 2.45) is 17.6 Å². The largest absolute Gasteiger partial charge is 0.384 e. The second-order valence-electron chi connectivity index (χ2n) is 6.55. The molecule has 140 valence electrons. The van der Waals surface area contributed by atoms with Crippen LogP contribution in [0.3, 0.4) is 0 Å². The standard InChI is InChI=1S/C17H28N4O3S/c1-4-19-15-9-8-13(25(23,24)21(2)3)10-16(15)20-17(22)14-7-5-6-12(14)11-18/h8-10,12,14,19H,4-7,11,18H2,1-3H3,(H,20,22)/t12-,14-/m1/s1. The van der Waals surface area contributed by atoms with Crippen LogP contribution < -0.4 is 16.4 Å². The van der Waals surface area contributed by atoms with E-state index in [9.17, 15) is 13.2 Å². The summed E-state index contributed by atoms with van der Waals surface area (Å²) in [6, 6.07) is 4.74. The van der Waals surface area contributed by atoms with Gasteiger partial charge in [0.05, 0.1) is 16.3 Å². The van der Waals surface area contributed by atoms with Gasteiger partial charge in [0.15, 0.2) is 0 Å². The van der Waals surface area contributed by atoms with Crippen LogP contribution in [0.1, 0.15) is 26.2 Å². The summed E-state index contributed by atoms with van der Waals surface area (Å²) in [6.45, 7) is 3.10. The predicted molar refractivity (Wildman–Crippen MR) is 100.0 cm³/mol. The molecule has 1 amide bonds. The minimum Gasteiger partial charge on any atom is -0.384 e. The average Bonchev–Trinajstić information content (AvgIpc) is 3.05. The highest BCUT2D eigenvalue weighted by molar-refractivity contribution is 7.89. The average molecular weight is 369 g/mol. The van der Waals surface area contributed by atoms with Crippen molar-refractivity contribution < 1.29 is 13.2 Å². The van der Waals surface area contributed by atoms with Crippen LogP contribution >= 0.6 is 0 Å². The molecule has 1 aliphatic rings. The molecule has 1 saturated carbocycles. The highest BCUT2D eigenvalue weighted by Gasteiger charge is 2.32. The molecule has 0 spiro atoms. The first-order valence-electron chi connectivity index (χ1n) is 8.62. The third-order valence-corrected chi connectivity index (χ3v) is 6.50. The molecule has 0 bridgehead atoms. The molecular formula is C17H28N4O3S. The third-order valence-electron chi connectivity index (χ3n) is 4.69. The summed E-state index contributed by atoms with van der Waals surface area (Å²) in [5.41, 5.74) is 6.96. The van der Waals surface area contributed by atoms with Gasteiger partial charge in [-0.05, 0) is 50.4 Å². The number of hydrogen-bond acceptors (Lipinski definition) is 5. The fourth-order valence-electron chi connectivity index (χ4n) is 3.23. The Morgan fingerprint density at radius 2 is 2.00 bits per heavy atom. The van der Waals surface area contributed by atoms with E-state index in [-0.39, 0.29) is 22.6 Å². The SMILES string of the molecule is CCNc1ccc(S(=O)(=O)N(C)C)cc1NC(=O)[C@@H]1CCC[C@@H]1CN. The van der Waals surface area contributed by atoms with E-state index in [2.05, 4.69) is 10.6 Å². The van der Waals surface area contributed by atoms with Crippen LogP contribution in [-0.2, 0) is 14.8 Å². The lowest BCUT2D eigenvalue weighted by molar-refractivity contribution is -0.120. The van der Waals surface area contributed by atoms with Crippen molar-refractivity contribution in [3.63, 3.8) is 0 Å². The lowest BCUT2D eigenvalue weighted by atomic mass is 9.95. The number of carbonyl (C=O) groups excluding carboxylic acids is 1. The summed E-state index contributed by atoms with van der Waals surface area (Å²) in [4.78, 5) is 12.8. The van der Waals surface area contributed by atoms with Crippen molar-refractivity contribution in [1.82, 2.24) is 4.31 Å². The summed E-state index contributed by atoms with van der Waals surface area (Å²) in [5.74, 6) is -0.0173. The Hall–Kier alpha value is -1.64. The van der Waals surface area contributed by atoms with Gasteiger partial charge in [0.2, 0.25) is 15.9 Å². The number of nitrogens with two attached hydrogens (primary N) is 1. The lowest BCUT2D eigenvalue weighted by Gasteiger charge is -2.20. The number of amides is 1. The van der Waals surface area contributed by atoms with Crippen LogP contribution in [0.2, 0.25) is 0 Å². The van der Waals surface area contributed by atoms with Gasteiger partial charge in [-0.2, -0.15) is 0 Å². The Bertz CT molecular complexity index is 719. The van der Waals surface area contributed by atoms with Crippen LogP contribution in [0, 0.1) is 11.8 Å². The highest BCUT2D eigenvalue weighted by atomic mass is 32.2. The molecule has 1 aromatic rings. The molecule has 1 aromatic carbocycles. The Morgan fingerprint density at radius 3 is 2.60 bits per heavy atom. The zero-order valence-electron chi connectivity index (χ0n) is 15.1. The molecule has 0 heterocycles. The molecule has 0 aliphatic heterocycles. The minimum atomic E-state index is -3.57. The summed E-state index contributed by atoms with van der Waals surface area (Å²) in [6.07, 6.45) is 2.78. The molecule has 0 unspecified atom stereocenters. The summed E-state index contributed by atoms with van der Waals surface area (Å²) < 4.78 is 25.9. The van der Waals surface area contributed by atoms with Gasteiger partial charge in [-0.15, -0.1) is 0 Å². The predicted octanol–water partition coefficient (Wildman–Crippen LogP) is 1.68. The van der Waals surface area contributed by atoms with Gasteiger partial charge in [-0.3, -0.25) is 4.79 Å². The van der Waals surface area contributed by atoms with E-state index >= 15 is 0 Å². The van der Waals surface area contributed by atoms with E-state index in [4.69, 9.17) is 5.73 Å². The Labute approximate surface area is 150 Å². The van der Waals surface area contributed by atoms with Crippen molar-refractivity contribution >= 4 is 27.3 Å². The first-order valence-corrected chi connectivity index (χ1v) is 10.1. The highest BCUT2D eigenvalue weighted by Crippen LogP contribution is 2.33. The molecule has 1 aliphatic carbocycles. The maximum atomic E-state index is 12.7. The van der Waals surface area contributed by atoms with E-state index < -0.39 is 10.0 Å². The number of anilines is 2. The second kappa shape index (κ2) is 8.16. The van der Waals surface area contributed by atoms with E-state index in [0.717, 1.165) is 23.6 Å². The number of benzene rings is 1. The van der Waals surface area contributed by atoms with Crippen LogP contribution in [0.5, 0.6) is 0 Å². The molecule has 2 atom stereocenters. The minimum absolute atomic E-state index is 0.0912. The monoisotopic (exact) mass is 368 g/mol. The van der Waals surface area contributed by atoms with Gasteiger partial charge >= 0.3 is 0 Å². The van der Waals surface area contributed by atoms with Crippen molar-refractivity contribution in [3.8, 4) is 0 Å². The summed E-state index contributed by atoms with van der Waals surface area (Å²) in [7, 11) is -0.602. The normalized spacial score (nSPS) is 20.7. The molecule has 25 heavy (non-hydrogen) atoms. The van der Waals surface area contributed by atoms with Crippen LogP contribution in [0.25, 0.3) is 0 Å². The van der Waals surface area contributed by atoms with E-state index in [1.54, 1.807) is 12.1 Å². The quantitative estimate of drug-likeness (QED) is 0.679. The molecule has 0 aromatic heterocycles. The molecule has 0 radical (unpaired) electrons. The number of nitrogens with one attached hydrogen (secondary N) is 2. The maximum Gasteiger partial charge on any atom is 0.242 e. The number of sulfonamides is 1. The molecular weight excluding hydrogens is 340 g/mol. The zero-order chi connectivity index (χ0) is 18.6.